The van der Waals surface area contributed by atoms with Crippen molar-refractivity contribution in [3.05, 3.63) is 21.3 Å². The molecular weight excluding hydrogens is 288 g/mol. The molecule has 0 saturated heterocycles. The predicted molar refractivity (Wildman–Crippen MR) is 90.7 cm³/mol. The van der Waals surface area contributed by atoms with Crippen LogP contribution in [0.5, 0.6) is 0 Å². The van der Waals surface area contributed by atoms with Gasteiger partial charge in [-0.2, -0.15) is 0 Å². The Hall–Kier alpha value is -0.0500. The number of aliphatic hydroxyl groups excluding tert-OH is 1. The van der Waals surface area contributed by atoms with Crippen molar-refractivity contribution in [3.8, 4) is 0 Å². The average Bonchev–Trinajstić information content (AvgIpc) is 2.87. The van der Waals surface area contributed by atoms with Crippen molar-refractivity contribution in [3.63, 3.8) is 0 Å². The minimum atomic E-state index is -0.318. The molecule has 0 saturated carbocycles. The lowest BCUT2D eigenvalue weighted by Crippen LogP contribution is -1.94. The van der Waals surface area contributed by atoms with E-state index in [4.69, 9.17) is 11.6 Å². The van der Waals surface area contributed by atoms with Crippen LogP contribution in [0, 0.1) is 0 Å². The Morgan fingerprint density at radius 3 is 2.00 bits per heavy atom. The fourth-order valence-corrected chi connectivity index (χ4v) is 3.56. The maximum absolute atomic E-state index is 10.0. The molecule has 1 nitrogen and oxygen atoms in total. The molecule has 0 amide bonds. The van der Waals surface area contributed by atoms with Gasteiger partial charge >= 0.3 is 0 Å². The summed E-state index contributed by atoms with van der Waals surface area (Å²) in [6, 6.07) is 3.80. The molecule has 0 fully saturated rings. The van der Waals surface area contributed by atoms with Crippen LogP contribution in [-0.4, -0.2) is 5.11 Å². The topological polar surface area (TPSA) is 20.2 Å². The van der Waals surface area contributed by atoms with E-state index in [0.717, 1.165) is 22.1 Å². The maximum Gasteiger partial charge on any atom is 0.0932 e. The van der Waals surface area contributed by atoms with E-state index < -0.39 is 0 Å². The smallest absolute Gasteiger partial charge is 0.0932 e. The van der Waals surface area contributed by atoms with Crippen LogP contribution in [0.15, 0.2) is 12.1 Å². The number of aliphatic hydroxyl groups is 1. The lowest BCUT2D eigenvalue weighted by molar-refractivity contribution is 0.167. The Labute approximate surface area is 133 Å². The highest BCUT2D eigenvalue weighted by molar-refractivity contribution is 7.16. The van der Waals surface area contributed by atoms with Crippen LogP contribution in [0.3, 0.4) is 0 Å². The second-order valence-corrected chi connectivity index (χ2v) is 7.37. The van der Waals surface area contributed by atoms with Gasteiger partial charge < -0.3 is 5.11 Å². The number of thiophene rings is 1. The van der Waals surface area contributed by atoms with Crippen molar-refractivity contribution >= 4 is 22.9 Å². The van der Waals surface area contributed by atoms with Crippen LogP contribution >= 0.6 is 22.9 Å². The fourth-order valence-electron chi connectivity index (χ4n) is 2.47. The van der Waals surface area contributed by atoms with Crippen LogP contribution in [0.25, 0.3) is 0 Å². The summed E-state index contributed by atoms with van der Waals surface area (Å²) in [6.07, 6.45) is 13.9. The van der Waals surface area contributed by atoms with Gasteiger partial charge in [0.1, 0.15) is 0 Å². The minimum Gasteiger partial charge on any atom is -0.388 e. The zero-order chi connectivity index (χ0) is 14.6. The van der Waals surface area contributed by atoms with Crippen LogP contribution in [0.1, 0.15) is 88.5 Å². The van der Waals surface area contributed by atoms with Crippen molar-refractivity contribution < 1.29 is 5.11 Å². The van der Waals surface area contributed by atoms with Gasteiger partial charge in [-0.1, -0.05) is 82.7 Å². The molecule has 1 aromatic heterocycles. The largest absolute Gasteiger partial charge is 0.388 e. The van der Waals surface area contributed by atoms with E-state index in [0.29, 0.717) is 0 Å². The Kier molecular flexibility index (Phi) is 10.4. The van der Waals surface area contributed by atoms with E-state index in [2.05, 4.69) is 6.92 Å². The first-order chi connectivity index (χ1) is 9.74. The molecule has 0 aliphatic heterocycles. The first-order valence-electron chi connectivity index (χ1n) is 8.17. The molecule has 1 heterocycles. The molecule has 0 aliphatic carbocycles. The lowest BCUT2D eigenvalue weighted by Gasteiger charge is -2.08. The van der Waals surface area contributed by atoms with E-state index in [1.807, 2.05) is 12.1 Å². The Balaban J connectivity index is 1.89. The third-order valence-corrected chi connectivity index (χ3v) is 5.09. The van der Waals surface area contributed by atoms with Gasteiger partial charge in [0.25, 0.3) is 0 Å². The van der Waals surface area contributed by atoms with Crippen molar-refractivity contribution in [2.45, 2.75) is 83.7 Å². The summed E-state index contributed by atoms with van der Waals surface area (Å²) in [6.45, 7) is 2.26. The van der Waals surface area contributed by atoms with Gasteiger partial charge in [0.05, 0.1) is 10.4 Å². The van der Waals surface area contributed by atoms with Crippen molar-refractivity contribution in [1.29, 1.82) is 0 Å². The second kappa shape index (κ2) is 11.6. The standard InChI is InChI=1S/C17H29ClOS/c1-2-3-4-5-6-7-8-9-10-11-12-15(19)16-13-14-17(18)20-16/h13-15,19H,2-12H2,1H3. The molecular formula is C17H29ClOS. The molecule has 1 rings (SSSR count). The molecule has 0 aromatic carbocycles. The number of rotatable bonds is 12. The highest BCUT2D eigenvalue weighted by Gasteiger charge is 2.09. The number of hydrogen-bond acceptors (Lipinski definition) is 2. The summed E-state index contributed by atoms with van der Waals surface area (Å²) in [5.74, 6) is 0. The van der Waals surface area contributed by atoms with Crippen molar-refractivity contribution in [2.75, 3.05) is 0 Å². The lowest BCUT2D eigenvalue weighted by atomic mass is 10.0. The van der Waals surface area contributed by atoms with Crippen LogP contribution < -0.4 is 0 Å². The highest BCUT2D eigenvalue weighted by Crippen LogP contribution is 2.29. The van der Waals surface area contributed by atoms with Gasteiger partial charge in [-0.15, -0.1) is 11.3 Å². The fraction of sp³-hybridized carbons (Fsp3) is 0.765. The molecule has 0 spiro atoms. The maximum atomic E-state index is 10.0. The van der Waals surface area contributed by atoms with Crippen LogP contribution in [-0.2, 0) is 0 Å². The summed E-state index contributed by atoms with van der Waals surface area (Å²) in [5, 5.41) is 10.0. The van der Waals surface area contributed by atoms with Gasteiger partial charge in [-0.05, 0) is 18.6 Å². The number of halogens is 1. The predicted octanol–water partition coefficient (Wildman–Crippen LogP) is 6.75. The molecule has 1 aromatic rings. The van der Waals surface area contributed by atoms with E-state index in [9.17, 15) is 5.11 Å². The van der Waals surface area contributed by atoms with Gasteiger partial charge in [0, 0.05) is 4.88 Å². The molecule has 1 N–H and O–H groups in total. The Morgan fingerprint density at radius 1 is 0.950 bits per heavy atom. The molecule has 0 aliphatic rings. The summed E-state index contributed by atoms with van der Waals surface area (Å²) in [5.41, 5.74) is 0. The second-order valence-electron chi connectivity index (χ2n) is 5.63. The zero-order valence-corrected chi connectivity index (χ0v) is 14.3. The molecule has 116 valence electrons. The SMILES string of the molecule is CCCCCCCCCCCCC(O)c1ccc(Cl)s1. The number of unbranched alkanes of at least 4 members (excludes halogenated alkanes) is 9. The molecule has 20 heavy (non-hydrogen) atoms. The summed E-state index contributed by atoms with van der Waals surface area (Å²) in [7, 11) is 0. The third-order valence-electron chi connectivity index (χ3n) is 3.75. The Bertz CT molecular complexity index is 337. The molecule has 3 heteroatoms. The van der Waals surface area contributed by atoms with Crippen molar-refractivity contribution in [1.82, 2.24) is 0 Å². The van der Waals surface area contributed by atoms with Gasteiger partial charge in [0.2, 0.25) is 0 Å². The van der Waals surface area contributed by atoms with Crippen LogP contribution in [0.2, 0.25) is 4.34 Å². The summed E-state index contributed by atoms with van der Waals surface area (Å²) in [4.78, 5) is 1.01. The molecule has 1 unspecified atom stereocenters. The van der Waals surface area contributed by atoms with E-state index in [-0.39, 0.29) is 6.10 Å². The first kappa shape index (κ1) is 18.0. The normalized spacial score (nSPS) is 12.8. The molecule has 0 bridgehead atoms. The quantitative estimate of drug-likeness (QED) is 0.423. The Morgan fingerprint density at radius 2 is 1.50 bits per heavy atom. The van der Waals surface area contributed by atoms with Gasteiger partial charge in [-0.25, -0.2) is 0 Å². The van der Waals surface area contributed by atoms with Gasteiger partial charge in [0.15, 0.2) is 0 Å². The van der Waals surface area contributed by atoms with E-state index in [1.165, 1.54) is 69.1 Å². The summed E-state index contributed by atoms with van der Waals surface area (Å²) < 4.78 is 0.766. The minimum absolute atomic E-state index is 0.318. The highest BCUT2D eigenvalue weighted by atomic mass is 35.5. The first-order valence-corrected chi connectivity index (χ1v) is 9.36. The monoisotopic (exact) mass is 316 g/mol. The average molecular weight is 317 g/mol. The van der Waals surface area contributed by atoms with E-state index >= 15 is 0 Å². The molecule has 0 radical (unpaired) electrons. The van der Waals surface area contributed by atoms with E-state index in [1.54, 1.807) is 0 Å². The number of hydrogen-bond donors (Lipinski definition) is 1. The zero-order valence-electron chi connectivity index (χ0n) is 12.7. The van der Waals surface area contributed by atoms with Crippen molar-refractivity contribution in [2.24, 2.45) is 0 Å². The van der Waals surface area contributed by atoms with Crippen LogP contribution in [0.4, 0.5) is 0 Å². The third kappa shape index (κ3) is 8.28. The van der Waals surface area contributed by atoms with Gasteiger partial charge in [-0.3, -0.25) is 0 Å². The molecule has 1 atom stereocenters. The summed E-state index contributed by atoms with van der Waals surface area (Å²) >= 11 is 7.37.